The minimum absolute atomic E-state index is 0.0644. The molecule has 1 aliphatic rings. The molecule has 27 heavy (non-hydrogen) atoms. The van der Waals surface area contributed by atoms with E-state index in [-0.39, 0.29) is 23.2 Å². The fourth-order valence-corrected chi connectivity index (χ4v) is 2.55. The third-order valence-electron chi connectivity index (χ3n) is 4.27. The lowest BCUT2D eigenvalue weighted by Crippen LogP contribution is -2.24. The third kappa shape index (κ3) is 4.60. The van der Waals surface area contributed by atoms with Crippen LogP contribution in [-0.4, -0.2) is 23.8 Å². The number of hydrogen-bond acceptors (Lipinski definition) is 5. The van der Waals surface area contributed by atoms with Crippen molar-refractivity contribution >= 4 is 23.2 Å². The van der Waals surface area contributed by atoms with Crippen LogP contribution in [0.5, 0.6) is 5.75 Å². The van der Waals surface area contributed by atoms with Crippen LogP contribution in [0.3, 0.4) is 0 Å². The van der Waals surface area contributed by atoms with Crippen molar-refractivity contribution in [2.45, 2.75) is 19.4 Å². The lowest BCUT2D eigenvalue weighted by molar-refractivity contribution is -0.384. The molecular weight excluding hydrogens is 350 g/mol. The van der Waals surface area contributed by atoms with Gasteiger partial charge in [0.15, 0.2) is 0 Å². The molecular formula is C19H19N3O5. The van der Waals surface area contributed by atoms with Crippen molar-refractivity contribution in [1.82, 2.24) is 5.32 Å². The Morgan fingerprint density at radius 2 is 1.89 bits per heavy atom. The number of benzene rings is 2. The average molecular weight is 369 g/mol. The predicted octanol–water partition coefficient (Wildman–Crippen LogP) is 2.88. The van der Waals surface area contributed by atoms with Gasteiger partial charge in [-0.2, -0.15) is 0 Å². The van der Waals surface area contributed by atoms with E-state index in [2.05, 4.69) is 10.6 Å². The van der Waals surface area contributed by atoms with Gasteiger partial charge in [0.1, 0.15) is 5.75 Å². The molecule has 2 amide bonds. The number of nitro groups is 1. The number of nitrogens with zero attached hydrogens (tertiary/aromatic N) is 1. The zero-order valence-corrected chi connectivity index (χ0v) is 14.7. The van der Waals surface area contributed by atoms with E-state index in [0.717, 1.165) is 18.4 Å². The first-order chi connectivity index (χ1) is 13.0. The van der Waals surface area contributed by atoms with Gasteiger partial charge in [0.2, 0.25) is 5.91 Å². The van der Waals surface area contributed by atoms with Crippen molar-refractivity contribution in [2.75, 3.05) is 12.4 Å². The molecule has 0 unspecified atom stereocenters. The van der Waals surface area contributed by atoms with E-state index in [0.29, 0.717) is 17.9 Å². The highest BCUT2D eigenvalue weighted by Crippen LogP contribution is 2.30. The molecule has 1 fully saturated rings. The standard InChI is InChI=1S/C19H19N3O5/c1-27-17-9-8-15(22(25)26)10-16(17)21-19(24)14-4-2-12(3-5-14)11-20-18(23)13-6-7-13/h2-5,8-10,13H,6-7,11H2,1H3,(H,20,23)(H,21,24). The predicted molar refractivity (Wildman–Crippen MR) is 98.6 cm³/mol. The van der Waals surface area contributed by atoms with Crippen LogP contribution < -0.4 is 15.4 Å². The Labute approximate surface area is 155 Å². The van der Waals surface area contributed by atoms with E-state index in [1.165, 1.54) is 25.3 Å². The first kappa shape index (κ1) is 18.4. The molecule has 2 aromatic carbocycles. The molecule has 0 heterocycles. The Morgan fingerprint density at radius 3 is 2.48 bits per heavy atom. The number of non-ortho nitro benzene ring substituents is 1. The first-order valence-corrected chi connectivity index (χ1v) is 8.48. The molecule has 0 aromatic heterocycles. The first-order valence-electron chi connectivity index (χ1n) is 8.48. The summed E-state index contributed by atoms with van der Waals surface area (Å²) in [5, 5.41) is 16.4. The maximum Gasteiger partial charge on any atom is 0.271 e. The minimum Gasteiger partial charge on any atom is -0.495 e. The summed E-state index contributed by atoms with van der Waals surface area (Å²) in [6, 6.07) is 10.8. The Kier molecular flexibility index (Phi) is 5.35. The quantitative estimate of drug-likeness (QED) is 0.576. The number of hydrogen-bond donors (Lipinski definition) is 2. The second kappa shape index (κ2) is 7.86. The second-order valence-electron chi connectivity index (χ2n) is 6.28. The number of rotatable bonds is 7. The van der Waals surface area contributed by atoms with Gasteiger partial charge in [0.05, 0.1) is 17.7 Å². The van der Waals surface area contributed by atoms with Crippen molar-refractivity contribution in [3.8, 4) is 5.75 Å². The summed E-state index contributed by atoms with van der Waals surface area (Å²) in [6.45, 7) is 0.413. The number of amides is 2. The van der Waals surface area contributed by atoms with Crippen molar-refractivity contribution in [1.29, 1.82) is 0 Å². The summed E-state index contributed by atoms with van der Waals surface area (Å²) < 4.78 is 5.14. The van der Waals surface area contributed by atoms with Gasteiger partial charge in [0, 0.05) is 30.2 Å². The number of ether oxygens (including phenoxy) is 1. The largest absolute Gasteiger partial charge is 0.495 e. The molecule has 3 rings (SSSR count). The Balaban J connectivity index is 1.66. The fraction of sp³-hybridized carbons (Fsp3) is 0.263. The molecule has 8 heteroatoms. The molecule has 1 saturated carbocycles. The van der Waals surface area contributed by atoms with E-state index in [1.807, 2.05) is 0 Å². The van der Waals surface area contributed by atoms with Crippen LogP contribution in [0, 0.1) is 16.0 Å². The summed E-state index contributed by atoms with van der Waals surface area (Å²) in [5.74, 6) is 0.130. The number of nitrogens with one attached hydrogen (secondary N) is 2. The van der Waals surface area contributed by atoms with Crippen molar-refractivity contribution in [3.63, 3.8) is 0 Å². The minimum atomic E-state index is -0.542. The van der Waals surface area contributed by atoms with Crippen LogP contribution in [0.2, 0.25) is 0 Å². The molecule has 8 nitrogen and oxygen atoms in total. The van der Waals surface area contributed by atoms with Gasteiger partial charge in [0.25, 0.3) is 11.6 Å². The zero-order chi connectivity index (χ0) is 19.4. The Morgan fingerprint density at radius 1 is 1.19 bits per heavy atom. The summed E-state index contributed by atoms with van der Waals surface area (Å²) in [6.07, 6.45) is 1.90. The second-order valence-corrected chi connectivity index (χ2v) is 6.28. The van der Waals surface area contributed by atoms with Crippen LogP contribution in [0.25, 0.3) is 0 Å². The van der Waals surface area contributed by atoms with Gasteiger partial charge in [-0.25, -0.2) is 0 Å². The third-order valence-corrected chi connectivity index (χ3v) is 4.27. The number of methoxy groups -OCH3 is 1. The van der Waals surface area contributed by atoms with Gasteiger partial charge in [-0.15, -0.1) is 0 Å². The molecule has 2 N–H and O–H groups in total. The molecule has 140 valence electrons. The van der Waals surface area contributed by atoms with Gasteiger partial charge in [-0.05, 0) is 36.6 Å². The highest BCUT2D eigenvalue weighted by atomic mass is 16.6. The summed E-state index contributed by atoms with van der Waals surface area (Å²) in [4.78, 5) is 34.5. The van der Waals surface area contributed by atoms with Crippen LogP contribution in [0.4, 0.5) is 11.4 Å². The fourth-order valence-electron chi connectivity index (χ4n) is 2.55. The van der Waals surface area contributed by atoms with E-state index in [9.17, 15) is 19.7 Å². The number of carbonyl (C=O) groups is 2. The van der Waals surface area contributed by atoms with E-state index >= 15 is 0 Å². The molecule has 0 radical (unpaired) electrons. The van der Waals surface area contributed by atoms with Crippen LogP contribution in [-0.2, 0) is 11.3 Å². The molecule has 0 aliphatic heterocycles. The summed E-state index contributed by atoms with van der Waals surface area (Å²) in [5.41, 5.74) is 1.35. The van der Waals surface area contributed by atoms with Gasteiger partial charge >= 0.3 is 0 Å². The Bertz CT molecular complexity index is 875. The normalized spacial score (nSPS) is 12.9. The maximum atomic E-state index is 12.4. The SMILES string of the molecule is COc1ccc([N+](=O)[O-])cc1NC(=O)c1ccc(CNC(=O)C2CC2)cc1. The number of carbonyl (C=O) groups excluding carboxylic acids is 2. The van der Waals surface area contributed by atoms with E-state index < -0.39 is 10.8 Å². The van der Waals surface area contributed by atoms with Crippen LogP contribution >= 0.6 is 0 Å². The molecule has 0 spiro atoms. The van der Waals surface area contributed by atoms with Gasteiger partial charge < -0.3 is 15.4 Å². The highest BCUT2D eigenvalue weighted by molar-refractivity contribution is 6.05. The highest BCUT2D eigenvalue weighted by Gasteiger charge is 2.29. The number of nitro benzene ring substituents is 1. The zero-order valence-electron chi connectivity index (χ0n) is 14.7. The number of anilines is 1. The summed E-state index contributed by atoms with van der Waals surface area (Å²) >= 11 is 0. The molecule has 2 aromatic rings. The molecule has 0 bridgehead atoms. The lowest BCUT2D eigenvalue weighted by Gasteiger charge is -2.10. The van der Waals surface area contributed by atoms with Crippen LogP contribution in [0.15, 0.2) is 42.5 Å². The van der Waals surface area contributed by atoms with Crippen molar-refractivity contribution < 1.29 is 19.2 Å². The smallest absolute Gasteiger partial charge is 0.271 e. The topological polar surface area (TPSA) is 111 Å². The molecule has 0 saturated heterocycles. The average Bonchev–Trinajstić information content (AvgIpc) is 3.51. The molecule has 0 atom stereocenters. The maximum absolute atomic E-state index is 12.4. The van der Waals surface area contributed by atoms with Crippen molar-refractivity contribution in [3.05, 3.63) is 63.7 Å². The lowest BCUT2D eigenvalue weighted by atomic mass is 10.1. The Hall–Kier alpha value is -3.42. The van der Waals surface area contributed by atoms with E-state index in [1.54, 1.807) is 24.3 Å². The summed E-state index contributed by atoms with van der Waals surface area (Å²) in [7, 11) is 1.42. The van der Waals surface area contributed by atoms with Gasteiger partial charge in [-0.3, -0.25) is 19.7 Å². The van der Waals surface area contributed by atoms with Crippen LogP contribution in [0.1, 0.15) is 28.8 Å². The monoisotopic (exact) mass is 369 g/mol. The molecule has 1 aliphatic carbocycles. The van der Waals surface area contributed by atoms with Gasteiger partial charge in [-0.1, -0.05) is 12.1 Å². The van der Waals surface area contributed by atoms with Crippen molar-refractivity contribution in [2.24, 2.45) is 5.92 Å². The van der Waals surface area contributed by atoms with E-state index in [4.69, 9.17) is 4.74 Å².